The number of nitrogens with one attached hydrogen (secondary N) is 1. The van der Waals surface area contributed by atoms with E-state index in [4.69, 9.17) is 0 Å². The Kier molecular flexibility index (Phi) is 2.51. The molecule has 1 aromatic rings. The van der Waals surface area contributed by atoms with Crippen LogP contribution in [0.5, 0.6) is 0 Å². The Hall–Kier alpha value is -1.75. The van der Waals surface area contributed by atoms with Gasteiger partial charge in [0, 0.05) is 11.5 Å². The van der Waals surface area contributed by atoms with Gasteiger partial charge in [-0.25, -0.2) is 0 Å². The molecular formula is C12H11NO. The van der Waals surface area contributed by atoms with Crippen LogP contribution < -0.4 is 5.32 Å². The molecule has 0 bridgehead atoms. The molecule has 0 radical (unpaired) electrons. The zero-order chi connectivity index (χ0) is 9.80. The summed E-state index contributed by atoms with van der Waals surface area (Å²) in [6, 6.07) is 7.58. The van der Waals surface area contributed by atoms with Crippen molar-refractivity contribution in [2.24, 2.45) is 5.92 Å². The normalized spacial score (nSPS) is 14.0. The Morgan fingerprint density at radius 3 is 2.86 bits per heavy atom. The first kappa shape index (κ1) is 8.83. The molecular weight excluding hydrogens is 174 g/mol. The van der Waals surface area contributed by atoms with Crippen molar-refractivity contribution in [3.05, 3.63) is 29.8 Å². The summed E-state index contributed by atoms with van der Waals surface area (Å²) in [4.78, 5) is 10.3. The van der Waals surface area contributed by atoms with Gasteiger partial charge in [-0.3, -0.25) is 4.79 Å². The summed E-state index contributed by atoms with van der Waals surface area (Å²) in [6.07, 6.45) is 3.12. The highest BCUT2D eigenvalue weighted by atomic mass is 16.1. The number of carbonyl (C=O) groups excluding carboxylic acids is 1. The maximum Gasteiger partial charge on any atom is 0.211 e. The minimum atomic E-state index is 0.583. The lowest BCUT2D eigenvalue weighted by molar-refractivity contribution is -0.105. The molecule has 0 spiro atoms. The lowest BCUT2D eigenvalue weighted by Gasteiger charge is -2.00. The molecule has 70 valence electrons. The Labute approximate surface area is 83.3 Å². The molecule has 1 saturated carbocycles. The Balaban J connectivity index is 2.22. The van der Waals surface area contributed by atoms with Crippen molar-refractivity contribution < 1.29 is 4.79 Å². The van der Waals surface area contributed by atoms with E-state index in [0.717, 1.165) is 11.3 Å². The van der Waals surface area contributed by atoms with E-state index in [2.05, 4.69) is 17.2 Å². The number of anilines is 1. The van der Waals surface area contributed by atoms with E-state index in [0.29, 0.717) is 12.3 Å². The summed E-state index contributed by atoms with van der Waals surface area (Å²) < 4.78 is 0. The highest BCUT2D eigenvalue weighted by Crippen LogP contribution is 2.27. The smallest absolute Gasteiger partial charge is 0.211 e. The molecule has 1 aromatic carbocycles. The van der Waals surface area contributed by atoms with E-state index in [9.17, 15) is 4.79 Å². The largest absolute Gasteiger partial charge is 0.328 e. The molecule has 1 fully saturated rings. The van der Waals surface area contributed by atoms with Crippen LogP contribution in [0.25, 0.3) is 0 Å². The topological polar surface area (TPSA) is 29.1 Å². The molecule has 2 heteroatoms. The van der Waals surface area contributed by atoms with Crippen molar-refractivity contribution in [1.82, 2.24) is 0 Å². The van der Waals surface area contributed by atoms with E-state index >= 15 is 0 Å². The summed E-state index contributed by atoms with van der Waals surface area (Å²) in [6.45, 7) is 0. The van der Waals surface area contributed by atoms with Gasteiger partial charge in [-0.2, -0.15) is 0 Å². The third-order valence-electron chi connectivity index (χ3n) is 2.13. The predicted octanol–water partition coefficient (Wildman–Crippen LogP) is 2.02. The minimum absolute atomic E-state index is 0.583. The molecule has 0 atom stereocenters. The Bertz CT molecular complexity index is 396. The van der Waals surface area contributed by atoms with Crippen molar-refractivity contribution in [2.45, 2.75) is 12.8 Å². The van der Waals surface area contributed by atoms with Crippen LogP contribution in [0.15, 0.2) is 24.3 Å². The predicted molar refractivity (Wildman–Crippen MR) is 55.7 cm³/mol. The lowest BCUT2D eigenvalue weighted by Crippen LogP contribution is -1.95. The molecule has 1 N–H and O–H groups in total. The van der Waals surface area contributed by atoms with E-state index in [1.165, 1.54) is 12.8 Å². The molecule has 2 rings (SSSR count). The van der Waals surface area contributed by atoms with Crippen molar-refractivity contribution in [2.75, 3.05) is 5.32 Å². The van der Waals surface area contributed by atoms with E-state index in [-0.39, 0.29) is 0 Å². The van der Waals surface area contributed by atoms with Crippen molar-refractivity contribution >= 4 is 12.1 Å². The van der Waals surface area contributed by atoms with Crippen LogP contribution in [-0.2, 0) is 4.79 Å². The number of benzene rings is 1. The zero-order valence-corrected chi connectivity index (χ0v) is 7.79. The molecule has 0 heterocycles. The highest BCUT2D eigenvalue weighted by molar-refractivity contribution is 5.75. The summed E-state index contributed by atoms with van der Waals surface area (Å²) in [7, 11) is 0. The lowest BCUT2D eigenvalue weighted by atomic mass is 10.2. The number of amides is 1. The van der Waals surface area contributed by atoms with Gasteiger partial charge in [0.2, 0.25) is 6.41 Å². The zero-order valence-electron chi connectivity index (χ0n) is 7.79. The first-order chi connectivity index (χ1) is 6.90. The molecule has 0 unspecified atom stereocenters. The van der Waals surface area contributed by atoms with Gasteiger partial charge in [-0.05, 0) is 25.0 Å². The van der Waals surface area contributed by atoms with Crippen LogP contribution in [0, 0.1) is 17.8 Å². The maximum atomic E-state index is 10.3. The third-order valence-corrected chi connectivity index (χ3v) is 2.13. The molecule has 0 saturated heterocycles. The second-order valence-electron chi connectivity index (χ2n) is 3.35. The monoisotopic (exact) mass is 185 g/mol. The number of hydrogen-bond acceptors (Lipinski definition) is 1. The number of hydrogen-bond donors (Lipinski definition) is 1. The Morgan fingerprint density at radius 2 is 2.14 bits per heavy atom. The second kappa shape index (κ2) is 3.97. The van der Waals surface area contributed by atoms with Gasteiger partial charge in [-0.15, -0.1) is 0 Å². The fraction of sp³-hybridized carbons (Fsp3) is 0.250. The van der Waals surface area contributed by atoms with Gasteiger partial charge in [-0.1, -0.05) is 24.0 Å². The average molecular weight is 185 g/mol. The summed E-state index contributed by atoms with van der Waals surface area (Å²) in [5.74, 6) is 6.84. The first-order valence-electron chi connectivity index (χ1n) is 4.71. The van der Waals surface area contributed by atoms with Crippen LogP contribution in [-0.4, -0.2) is 6.41 Å². The quantitative estimate of drug-likeness (QED) is 0.554. The van der Waals surface area contributed by atoms with Crippen LogP contribution in [0.2, 0.25) is 0 Å². The molecule has 2 nitrogen and oxygen atoms in total. The summed E-state index contributed by atoms with van der Waals surface area (Å²) >= 11 is 0. The third kappa shape index (κ3) is 2.14. The maximum absolute atomic E-state index is 10.3. The summed E-state index contributed by atoms with van der Waals surface area (Å²) in [5, 5.41) is 2.64. The van der Waals surface area contributed by atoms with Gasteiger partial charge in [0.05, 0.1) is 5.69 Å². The van der Waals surface area contributed by atoms with E-state index < -0.39 is 0 Å². The van der Waals surface area contributed by atoms with Crippen LogP contribution >= 0.6 is 0 Å². The molecule has 0 aromatic heterocycles. The number of rotatable bonds is 2. The van der Waals surface area contributed by atoms with E-state index in [1.807, 2.05) is 24.3 Å². The van der Waals surface area contributed by atoms with Crippen LogP contribution in [0.3, 0.4) is 0 Å². The molecule has 0 aliphatic heterocycles. The Morgan fingerprint density at radius 1 is 1.36 bits per heavy atom. The van der Waals surface area contributed by atoms with Crippen molar-refractivity contribution in [1.29, 1.82) is 0 Å². The van der Waals surface area contributed by atoms with Crippen LogP contribution in [0.4, 0.5) is 5.69 Å². The SMILES string of the molecule is O=CNc1ccccc1C#CC1CC1. The number of carbonyl (C=O) groups is 1. The standard InChI is InChI=1S/C12H11NO/c14-9-13-12-4-2-1-3-11(12)8-7-10-5-6-10/h1-4,9-10H,5-6H2,(H,13,14). The van der Waals surface area contributed by atoms with Crippen LogP contribution in [0.1, 0.15) is 18.4 Å². The number of para-hydroxylation sites is 1. The van der Waals surface area contributed by atoms with Crippen molar-refractivity contribution in [3.63, 3.8) is 0 Å². The van der Waals surface area contributed by atoms with Gasteiger partial charge in [0.1, 0.15) is 0 Å². The van der Waals surface area contributed by atoms with Gasteiger partial charge in [0.15, 0.2) is 0 Å². The highest BCUT2D eigenvalue weighted by Gasteiger charge is 2.17. The van der Waals surface area contributed by atoms with Gasteiger partial charge in [0.25, 0.3) is 0 Å². The minimum Gasteiger partial charge on any atom is -0.328 e. The fourth-order valence-corrected chi connectivity index (χ4v) is 1.19. The van der Waals surface area contributed by atoms with Gasteiger partial charge < -0.3 is 5.32 Å². The molecule has 1 amide bonds. The van der Waals surface area contributed by atoms with Gasteiger partial charge >= 0.3 is 0 Å². The summed E-state index contributed by atoms with van der Waals surface area (Å²) in [5.41, 5.74) is 1.68. The first-order valence-corrected chi connectivity index (χ1v) is 4.71. The van der Waals surface area contributed by atoms with E-state index in [1.54, 1.807) is 0 Å². The second-order valence-corrected chi connectivity index (χ2v) is 3.35. The fourth-order valence-electron chi connectivity index (χ4n) is 1.19. The molecule has 14 heavy (non-hydrogen) atoms. The van der Waals surface area contributed by atoms with Crippen molar-refractivity contribution in [3.8, 4) is 11.8 Å². The molecule has 1 aliphatic carbocycles. The average Bonchev–Trinajstić information content (AvgIpc) is 3.01. The molecule has 1 aliphatic rings.